The monoisotopic (exact) mass is 305 g/mol. The van der Waals surface area contributed by atoms with Crippen LogP contribution in [0.2, 0.25) is 0 Å². The molecule has 1 saturated carbocycles. The number of hydrogen-bond donors (Lipinski definition) is 1. The van der Waals surface area contributed by atoms with Crippen LogP contribution in [0.15, 0.2) is 6.20 Å². The average molecular weight is 306 g/mol. The SMILES string of the molecule is COC(=O)C(C)CN(Cc1cnc(N)s1)C1CC1.Cl. The van der Waals surface area contributed by atoms with Crippen LogP contribution in [0.5, 0.6) is 0 Å². The van der Waals surface area contributed by atoms with E-state index in [4.69, 9.17) is 10.5 Å². The zero-order valence-electron chi connectivity index (χ0n) is 11.2. The Labute approximate surface area is 123 Å². The summed E-state index contributed by atoms with van der Waals surface area (Å²) in [4.78, 5) is 19.0. The number of hydrogen-bond acceptors (Lipinski definition) is 6. The second-order valence-corrected chi connectivity index (χ2v) is 5.90. The number of thiazole rings is 1. The molecule has 5 nitrogen and oxygen atoms in total. The van der Waals surface area contributed by atoms with Gasteiger partial charge in [0.25, 0.3) is 0 Å². The van der Waals surface area contributed by atoms with Crippen LogP contribution in [0.25, 0.3) is 0 Å². The predicted octanol–water partition coefficient (Wildman–Crippen LogP) is 1.92. The standard InChI is InChI=1S/C12H19N3O2S.ClH/c1-8(11(16)17-2)6-15(9-3-4-9)7-10-5-14-12(13)18-10;/h5,8-9H,3-4,6-7H2,1-2H3,(H2,13,14);1H. The van der Waals surface area contributed by atoms with E-state index >= 15 is 0 Å². The normalized spacial score (nSPS) is 15.9. The van der Waals surface area contributed by atoms with Crippen LogP contribution >= 0.6 is 23.7 Å². The molecule has 1 fully saturated rings. The number of methoxy groups -OCH3 is 1. The van der Waals surface area contributed by atoms with E-state index in [1.807, 2.05) is 13.1 Å². The molecule has 1 unspecified atom stereocenters. The minimum atomic E-state index is -0.149. The Morgan fingerprint density at radius 3 is 2.84 bits per heavy atom. The average Bonchev–Trinajstić information content (AvgIpc) is 3.12. The van der Waals surface area contributed by atoms with Crippen molar-refractivity contribution in [1.29, 1.82) is 0 Å². The smallest absolute Gasteiger partial charge is 0.309 e. The van der Waals surface area contributed by atoms with E-state index < -0.39 is 0 Å². The Hall–Kier alpha value is -0.850. The van der Waals surface area contributed by atoms with E-state index in [-0.39, 0.29) is 24.3 Å². The molecule has 1 aromatic rings. The largest absolute Gasteiger partial charge is 0.469 e. The van der Waals surface area contributed by atoms with Crippen LogP contribution in [0.3, 0.4) is 0 Å². The molecule has 1 aromatic heterocycles. The van der Waals surface area contributed by atoms with Gasteiger partial charge in [0, 0.05) is 30.2 Å². The molecule has 0 spiro atoms. The fourth-order valence-corrected chi connectivity index (χ4v) is 2.72. The first kappa shape index (κ1) is 16.2. The highest BCUT2D eigenvalue weighted by molar-refractivity contribution is 7.15. The molecule has 2 rings (SSSR count). The Morgan fingerprint density at radius 2 is 2.37 bits per heavy atom. The molecule has 0 aliphatic heterocycles. The second kappa shape index (κ2) is 7.07. The fourth-order valence-electron chi connectivity index (χ4n) is 2.01. The summed E-state index contributed by atoms with van der Waals surface area (Å²) in [5.74, 6) is -0.245. The molecule has 7 heteroatoms. The third-order valence-electron chi connectivity index (χ3n) is 3.11. The van der Waals surface area contributed by atoms with Crippen LogP contribution in [-0.4, -0.2) is 35.5 Å². The molecule has 0 aromatic carbocycles. The Kier molecular flexibility index (Phi) is 6.03. The van der Waals surface area contributed by atoms with Crippen molar-refractivity contribution in [2.24, 2.45) is 5.92 Å². The van der Waals surface area contributed by atoms with E-state index in [0.717, 1.165) is 18.0 Å². The van der Waals surface area contributed by atoms with Crippen LogP contribution in [0, 0.1) is 5.92 Å². The molecule has 1 aliphatic carbocycles. The molecule has 108 valence electrons. The number of ether oxygens (including phenoxy) is 1. The number of rotatable bonds is 6. The van der Waals surface area contributed by atoms with E-state index in [2.05, 4.69) is 9.88 Å². The lowest BCUT2D eigenvalue weighted by Gasteiger charge is -2.23. The van der Waals surface area contributed by atoms with Crippen molar-refractivity contribution in [1.82, 2.24) is 9.88 Å². The van der Waals surface area contributed by atoms with Gasteiger partial charge >= 0.3 is 5.97 Å². The first-order valence-electron chi connectivity index (χ1n) is 6.12. The van der Waals surface area contributed by atoms with Gasteiger partial charge in [-0.05, 0) is 12.8 Å². The van der Waals surface area contributed by atoms with Gasteiger partial charge in [0.15, 0.2) is 5.13 Å². The third-order valence-corrected chi connectivity index (χ3v) is 3.92. The number of carbonyl (C=O) groups is 1. The summed E-state index contributed by atoms with van der Waals surface area (Å²) in [5.41, 5.74) is 5.63. The number of anilines is 1. The molecule has 19 heavy (non-hydrogen) atoms. The summed E-state index contributed by atoms with van der Waals surface area (Å²) < 4.78 is 4.77. The minimum Gasteiger partial charge on any atom is -0.469 e. The maximum atomic E-state index is 11.5. The van der Waals surface area contributed by atoms with Gasteiger partial charge in [-0.1, -0.05) is 6.92 Å². The molecule has 2 N–H and O–H groups in total. The summed E-state index contributed by atoms with van der Waals surface area (Å²) in [6.45, 7) is 3.46. The van der Waals surface area contributed by atoms with Crippen LogP contribution in [0.4, 0.5) is 5.13 Å². The van der Waals surface area contributed by atoms with Crippen molar-refractivity contribution in [2.75, 3.05) is 19.4 Å². The van der Waals surface area contributed by atoms with Gasteiger partial charge in [-0.25, -0.2) is 4.98 Å². The van der Waals surface area contributed by atoms with Gasteiger partial charge in [-0.2, -0.15) is 0 Å². The lowest BCUT2D eigenvalue weighted by atomic mass is 10.1. The summed E-state index contributed by atoms with van der Waals surface area (Å²) in [6, 6.07) is 0.598. The molecule has 1 aliphatic rings. The molecular weight excluding hydrogens is 286 g/mol. The Morgan fingerprint density at radius 1 is 1.68 bits per heavy atom. The summed E-state index contributed by atoms with van der Waals surface area (Å²) >= 11 is 1.51. The van der Waals surface area contributed by atoms with Gasteiger partial charge in [0.2, 0.25) is 0 Å². The lowest BCUT2D eigenvalue weighted by molar-refractivity contribution is -0.145. The maximum Gasteiger partial charge on any atom is 0.309 e. The Balaban J connectivity index is 0.00000180. The maximum absolute atomic E-state index is 11.5. The fraction of sp³-hybridized carbons (Fsp3) is 0.667. The van der Waals surface area contributed by atoms with Crippen molar-refractivity contribution in [3.05, 3.63) is 11.1 Å². The van der Waals surface area contributed by atoms with Crippen molar-refractivity contribution in [2.45, 2.75) is 32.4 Å². The van der Waals surface area contributed by atoms with Crippen molar-refractivity contribution >= 4 is 34.8 Å². The van der Waals surface area contributed by atoms with E-state index in [1.54, 1.807) is 0 Å². The summed E-state index contributed by atoms with van der Waals surface area (Å²) in [7, 11) is 1.43. The molecule has 0 saturated heterocycles. The first-order chi connectivity index (χ1) is 8.60. The quantitative estimate of drug-likeness (QED) is 0.813. The van der Waals surface area contributed by atoms with Gasteiger partial charge < -0.3 is 10.5 Å². The number of nitrogen functional groups attached to an aromatic ring is 1. The molecule has 1 heterocycles. The summed E-state index contributed by atoms with van der Waals surface area (Å²) in [6.07, 6.45) is 4.24. The predicted molar refractivity (Wildman–Crippen MR) is 78.4 cm³/mol. The number of nitrogens with two attached hydrogens (primary N) is 1. The van der Waals surface area contributed by atoms with Crippen molar-refractivity contribution in [3.63, 3.8) is 0 Å². The zero-order valence-corrected chi connectivity index (χ0v) is 12.8. The van der Waals surface area contributed by atoms with Crippen molar-refractivity contribution in [3.8, 4) is 0 Å². The van der Waals surface area contributed by atoms with Crippen molar-refractivity contribution < 1.29 is 9.53 Å². The Bertz CT molecular complexity index is 423. The highest BCUT2D eigenvalue weighted by Gasteiger charge is 2.31. The first-order valence-corrected chi connectivity index (χ1v) is 6.94. The van der Waals surface area contributed by atoms with Gasteiger partial charge in [0.1, 0.15) is 0 Å². The van der Waals surface area contributed by atoms with Crippen LogP contribution < -0.4 is 5.73 Å². The topological polar surface area (TPSA) is 68.5 Å². The third kappa shape index (κ3) is 4.63. The van der Waals surface area contributed by atoms with Gasteiger partial charge in [0.05, 0.1) is 13.0 Å². The zero-order chi connectivity index (χ0) is 13.1. The van der Waals surface area contributed by atoms with Crippen LogP contribution in [0.1, 0.15) is 24.6 Å². The summed E-state index contributed by atoms with van der Waals surface area (Å²) in [5, 5.41) is 0.599. The van der Waals surface area contributed by atoms with E-state index in [1.165, 1.54) is 31.3 Å². The molecular formula is C12H20ClN3O2S. The number of esters is 1. The van der Waals surface area contributed by atoms with E-state index in [0.29, 0.717) is 11.2 Å². The van der Waals surface area contributed by atoms with Gasteiger partial charge in [-0.15, -0.1) is 23.7 Å². The van der Waals surface area contributed by atoms with E-state index in [9.17, 15) is 4.79 Å². The van der Waals surface area contributed by atoms with Gasteiger partial charge in [-0.3, -0.25) is 9.69 Å². The highest BCUT2D eigenvalue weighted by Crippen LogP contribution is 2.30. The molecule has 0 amide bonds. The molecule has 1 atom stereocenters. The molecule has 0 radical (unpaired) electrons. The second-order valence-electron chi connectivity index (χ2n) is 4.75. The minimum absolute atomic E-state index is 0. The van der Waals surface area contributed by atoms with Crippen LogP contribution in [-0.2, 0) is 16.1 Å². The molecule has 0 bridgehead atoms. The number of aromatic nitrogens is 1. The number of carbonyl (C=O) groups excluding carboxylic acids is 1. The lowest BCUT2D eigenvalue weighted by Crippen LogP contribution is -2.33. The number of nitrogens with zero attached hydrogens (tertiary/aromatic N) is 2. The number of halogens is 1. The highest BCUT2D eigenvalue weighted by atomic mass is 35.5.